The van der Waals surface area contributed by atoms with Gasteiger partial charge < -0.3 is 10.6 Å². The Hall–Kier alpha value is -1.44. The molecule has 7 heteroatoms. The fourth-order valence-corrected chi connectivity index (χ4v) is 3.48. The van der Waals surface area contributed by atoms with E-state index in [4.69, 9.17) is 0 Å². The topological polar surface area (TPSA) is 64.7 Å². The Balaban J connectivity index is 1.84. The van der Waals surface area contributed by atoms with Crippen molar-refractivity contribution in [2.45, 2.75) is 26.8 Å². The van der Waals surface area contributed by atoms with Crippen LogP contribution < -0.4 is 10.6 Å². The lowest BCUT2D eigenvalue weighted by Crippen LogP contribution is -2.54. The summed E-state index contributed by atoms with van der Waals surface area (Å²) in [5.41, 5.74) is 1.93. The molecular formula is C18H27BrN4O2. The molecule has 2 N–H and O–H groups in total. The number of carbonyl (C=O) groups excluding carboxylic acids is 2. The van der Waals surface area contributed by atoms with Crippen LogP contribution in [0.1, 0.15) is 19.4 Å². The number of aryl methyl sites for hydroxylation is 1. The minimum Gasteiger partial charge on any atom is -0.355 e. The van der Waals surface area contributed by atoms with Crippen LogP contribution in [0.5, 0.6) is 0 Å². The molecule has 1 fully saturated rings. The second-order valence-electron chi connectivity index (χ2n) is 6.41. The van der Waals surface area contributed by atoms with Crippen LogP contribution in [-0.2, 0) is 9.59 Å². The van der Waals surface area contributed by atoms with Gasteiger partial charge in [0.2, 0.25) is 11.8 Å². The highest BCUT2D eigenvalue weighted by Crippen LogP contribution is 2.23. The number of halogens is 1. The molecule has 1 atom stereocenters. The van der Waals surface area contributed by atoms with Crippen molar-refractivity contribution in [1.82, 2.24) is 15.1 Å². The second kappa shape index (κ2) is 9.31. The Morgan fingerprint density at radius 3 is 2.52 bits per heavy atom. The number of likely N-dealkylation sites (N-methyl/N-ethyl adjacent to an activating group) is 1. The largest absolute Gasteiger partial charge is 0.355 e. The molecule has 1 heterocycles. The van der Waals surface area contributed by atoms with Gasteiger partial charge in [-0.3, -0.25) is 19.4 Å². The molecule has 1 aliphatic rings. The van der Waals surface area contributed by atoms with E-state index >= 15 is 0 Å². The fourth-order valence-electron chi connectivity index (χ4n) is 2.89. The minimum atomic E-state index is -0.208. The average molecular weight is 411 g/mol. The summed E-state index contributed by atoms with van der Waals surface area (Å²) in [6.07, 6.45) is 0. The summed E-state index contributed by atoms with van der Waals surface area (Å²) >= 11 is 3.49. The number of amides is 2. The van der Waals surface area contributed by atoms with Crippen LogP contribution >= 0.6 is 15.9 Å². The third-order valence-electron chi connectivity index (χ3n) is 4.46. The first-order valence-corrected chi connectivity index (χ1v) is 9.50. The van der Waals surface area contributed by atoms with Gasteiger partial charge in [0.1, 0.15) is 0 Å². The van der Waals surface area contributed by atoms with Gasteiger partial charge in [-0.25, -0.2) is 0 Å². The summed E-state index contributed by atoms with van der Waals surface area (Å²) < 4.78 is 0.889. The van der Waals surface area contributed by atoms with Crippen LogP contribution in [0, 0.1) is 6.92 Å². The third-order valence-corrected chi connectivity index (χ3v) is 5.11. The fraction of sp³-hybridized carbons (Fsp3) is 0.556. The summed E-state index contributed by atoms with van der Waals surface area (Å²) in [4.78, 5) is 28.5. The lowest BCUT2D eigenvalue weighted by atomic mass is 10.2. The lowest BCUT2D eigenvalue weighted by molar-refractivity contribution is -0.124. The van der Waals surface area contributed by atoms with Gasteiger partial charge in [-0.1, -0.05) is 6.07 Å². The van der Waals surface area contributed by atoms with E-state index in [1.807, 2.05) is 39.0 Å². The van der Waals surface area contributed by atoms with Crippen molar-refractivity contribution < 1.29 is 9.59 Å². The molecule has 2 amide bonds. The summed E-state index contributed by atoms with van der Waals surface area (Å²) in [5.74, 6) is 0.0488. The van der Waals surface area contributed by atoms with Crippen LogP contribution in [0.3, 0.4) is 0 Å². The normalized spacial score (nSPS) is 17.1. The molecule has 0 spiro atoms. The summed E-state index contributed by atoms with van der Waals surface area (Å²) in [5, 5.41) is 5.81. The van der Waals surface area contributed by atoms with E-state index in [1.165, 1.54) is 0 Å². The molecule has 25 heavy (non-hydrogen) atoms. The number of rotatable bonds is 6. The Labute approximate surface area is 158 Å². The number of nitrogens with one attached hydrogen (secondary N) is 2. The molecule has 1 unspecified atom stereocenters. The maximum absolute atomic E-state index is 12.5. The monoisotopic (exact) mass is 410 g/mol. The molecule has 2 rings (SSSR count). The van der Waals surface area contributed by atoms with Gasteiger partial charge in [0.05, 0.1) is 18.3 Å². The van der Waals surface area contributed by atoms with Gasteiger partial charge in [-0.2, -0.15) is 0 Å². The van der Waals surface area contributed by atoms with Crippen molar-refractivity contribution >= 4 is 33.4 Å². The van der Waals surface area contributed by atoms with Gasteiger partial charge in [0.15, 0.2) is 0 Å². The van der Waals surface area contributed by atoms with Gasteiger partial charge in [-0.05, 0) is 54.4 Å². The van der Waals surface area contributed by atoms with Gasteiger partial charge in [0, 0.05) is 37.2 Å². The zero-order valence-corrected chi connectivity index (χ0v) is 16.7. The van der Waals surface area contributed by atoms with E-state index in [0.717, 1.165) is 41.9 Å². The Morgan fingerprint density at radius 2 is 1.92 bits per heavy atom. The van der Waals surface area contributed by atoms with Gasteiger partial charge in [0.25, 0.3) is 0 Å². The van der Waals surface area contributed by atoms with Crippen molar-refractivity contribution in [1.29, 1.82) is 0 Å². The molecule has 1 aliphatic heterocycles. The molecule has 1 aromatic rings. The molecule has 0 radical (unpaired) electrons. The number of hydrogen-bond donors (Lipinski definition) is 2. The molecule has 1 saturated heterocycles. The quantitative estimate of drug-likeness (QED) is 0.750. The van der Waals surface area contributed by atoms with Crippen molar-refractivity contribution in [2.75, 3.05) is 44.6 Å². The van der Waals surface area contributed by atoms with Crippen LogP contribution in [0.25, 0.3) is 0 Å². The molecule has 138 valence electrons. The van der Waals surface area contributed by atoms with Crippen molar-refractivity contribution in [3.63, 3.8) is 0 Å². The number of nitrogens with zero attached hydrogens (tertiary/aromatic N) is 2. The van der Waals surface area contributed by atoms with Gasteiger partial charge >= 0.3 is 0 Å². The standard InChI is InChI=1S/C18H27BrN4O2/c1-4-20-17(24)12-22-7-9-23(10-8-22)14(3)18(25)21-16-6-5-13(2)11-15(16)19/h5-6,11,14H,4,7-10,12H2,1-3H3,(H,20,24)(H,21,25). The zero-order chi connectivity index (χ0) is 18.4. The first-order chi connectivity index (χ1) is 11.9. The number of hydrogen-bond acceptors (Lipinski definition) is 4. The molecular weight excluding hydrogens is 384 g/mol. The lowest BCUT2D eigenvalue weighted by Gasteiger charge is -2.37. The predicted octanol–water partition coefficient (Wildman–Crippen LogP) is 1.84. The van der Waals surface area contributed by atoms with E-state index in [0.29, 0.717) is 13.1 Å². The highest BCUT2D eigenvalue weighted by atomic mass is 79.9. The molecule has 0 bridgehead atoms. The van der Waals surface area contributed by atoms with E-state index in [-0.39, 0.29) is 17.9 Å². The van der Waals surface area contributed by atoms with Crippen molar-refractivity contribution in [3.8, 4) is 0 Å². The first kappa shape index (κ1) is 19.9. The van der Waals surface area contributed by atoms with Gasteiger partial charge in [-0.15, -0.1) is 0 Å². The maximum atomic E-state index is 12.5. The average Bonchev–Trinajstić information content (AvgIpc) is 2.57. The smallest absolute Gasteiger partial charge is 0.241 e. The van der Waals surface area contributed by atoms with Crippen molar-refractivity contribution in [3.05, 3.63) is 28.2 Å². The Morgan fingerprint density at radius 1 is 1.24 bits per heavy atom. The molecule has 6 nitrogen and oxygen atoms in total. The zero-order valence-electron chi connectivity index (χ0n) is 15.1. The summed E-state index contributed by atoms with van der Waals surface area (Å²) in [6, 6.07) is 5.67. The number of anilines is 1. The van der Waals surface area contributed by atoms with E-state index in [2.05, 4.69) is 36.4 Å². The highest BCUT2D eigenvalue weighted by Gasteiger charge is 2.26. The Bertz CT molecular complexity index is 615. The summed E-state index contributed by atoms with van der Waals surface area (Å²) in [7, 11) is 0. The summed E-state index contributed by atoms with van der Waals surface area (Å²) in [6.45, 7) is 10.1. The number of piperazine rings is 1. The predicted molar refractivity (Wildman–Crippen MR) is 104 cm³/mol. The molecule has 1 aromatic carbocycles. The van der Waals surface area contributed by atoms with Crippen LogP contribution in [0.4, 0.5) is 5.69 Å². The van der Waals surface area contributed by atoms with Crippen LogP contribution in [0.15, 0.2) is 22.7 Å². The minimum absolute atomic E-state index is 0.0123. The molecule has 0 saturated carbocycles. The van der Waals surface area contributed by atoms with E-state index in [9.17, 15) is 9.59 Å². The SMILES string of the molecule is CCNC(=O)CN1CCN(C(C)C(=O)Nc2ccc(C)cc2Br)CC1. The van der Waals surface area contributed by atoms with Crippen LogP contribution in [0.2, 0.25) is 0 Å². The molecule has 0 aliphatic carbocycles. The Kier molecular flexibility index (Phi) is 7.40. The second-order valence-corrected chi connectivity index (χ2v) is 7.27. The van der Waals surface area contributed by atoms with E-state index < -0.39 is 0 Å². The maximum Gasteiger partial charge on any atom is 0.241 e. The molecule has 0 aromatic heterocycles. The third kappa shape index (κ3) is 5.80. The first-order valence-electron chi connectivity index (χ1n) is 8.70. The van der Waals surface area contributed by atoms with Crippen LogP contribution in [-0.4, -0.2) is 66.9 Å². The number of benzene rings is 1. The highest BCUT2D eigenvalue weighted by molar-refractivity contribution is 9.10. The number of carbonyl (C=O) groups is 2. The van der Waals surface area contributed by atoms with E-state index in [1.54, 1.807) is 0 Å². The van der Waals surface area contributed by atoms with Crippen molar-refractivity contribution in [2.24, 2.45) is 0 Å².